The Balaban J connectivity index is 1.59. The molecule has 120 valence electrons. The van der Waals surface area contributed by atoms with Gasteiger partial charge in [0.1, 0.15) is 5.75 Å². The zero-order valence-electron chi connectivity index (χ0n) is 13.8. The van der Waals surface area contributed by atoms with Crippen molar-refractivity contribution in [3.63, 3.8) is 0 Å². The van der Waals surface area contributed by atoms with Crippen LogP contribution in [0.3, 0.4) is 0 Å². The van der Waals surface area contributed by atoms with Gasteiger partial charge >= 0.3 is 0 Å². The highest BCUT2D eigenvalue weighted by Gasteiger charge is 2.07. The van der Waals surface area contributed by atoms with Crippen LogP contribution in [0.15, 0.2) is 36.5 Å². The molecular weight excluding hydrogens is 288 g/mol. The lowest BCUT2D eigenvalue weighted by Gasteiger charge is -2.09. The predicted molar refractivity (Wildman–Crippen MR) is 91.7 cm³/mol. The Bertz CT molecular complexity index is 810. The second-order valence-electron chi connectivity index (χ2n) is 5.66. The number of hydrogen-bond acceptors (Lipinski definition) is 4. The summed E-state index contributed by atoms with van der Waals surface area (Å²) in [5, 5.41) is 9.00. The van der Waals surface area contributed by atoms with Crippen molar-refractivity contribution in [2.24, 2.45) is 7.05 Å². The van der Waals surface area contributed by atoms with Gasteiger partial charge in [-0.1, -0.05) is 18.2 Å². The molecule has 0 saturated carbocycles. The number of pyridine rings is 1. The van der Waals surface area contributed by atoms with E-state index in [1.54, 1.807) is 7.11 Å². The van der Waals surface area contributed by atoms with Crippen LogP contribution in [0.25, 0.3) is 11.0 Å². The van der Waals surface area contributed by atoms with Crippen molar-refractivity contribution in [2.45, 2.75) is 19.9 Å². The number of nitrogens with one attached hydrogen (secondary N) is 1. The van der Waals surface area contributed by atoms with Gasteiger partial charge in [0.25, 0.3) is 0 Å². The van der Waals surface area contributed by atoms with Gasteiger partial charge in [-0.2, -0.15) is 5.10 Å². The standard InChI is InChI=1S/C18H22N4O/c1-13-16-10-14(12-20-18(16)22(2)21-13)11-19-9-8-15-6-4-5-7-17(15)23-3/h4-7,10,12,19H,8-9,11H2,1-3H3. The summed E-state index contributed by atoms with van der Waals surface area (Å²) in [6.07, 6.45) is 2.85. The molecule has 1 N–H and O–H groups in total. The van der Waals surface area contributed by atoms with Gasteiger partial charge in [-0.25, -0.2) is 4.98 Å². The normalized spacial score (nSPS) is 11.1. The van der Waals surface area contributed by atoms with Crippen molar-refractivity contribution in [3.05, 3.63) is 53.3 Å². The quantitative estimate of drug-likeness (QED) is 0.711. The molecule has 2 aromatic heterocycles. The third kappa shape index (κ3) is 3.35. The maximum Gasteiger partial charge on any atom is 0.157 e. The van der Waals surface area contributed by atoms with Gasteiger partial charge in [0.2, 0.25) is 0 Å². The highest BCUT2D eigenvalue weighted by Crippen LogP contribution is 2.18. The third-order valence-corrected chi connectivity index (χ3v) is 4.01. The van der Waals surface area contributed by atoms with Gasteiger partial charge in [0.15, 0.2) is 5.65 Å². The van der Waals surface area contributed by atoms with Crippen LogP contribution in [-0.2, 0) is 20.0 Å². The molecule has 0 aliphatic rings. The number of benzene rings is 1. The molecule has 0 saturated heterocycles. The molecule has 0 aliphatic heterocycles. The van der Waals surface area contributed by atoms with Crippen LogP contribution in [0.2, 0.25) is 0 Å². The van der Waals surface area contributed by atoms with Gasteiger partial charge in [-0.05, 0) is 43.1 Å². The van der Waals surface area contributed by atoms with Crippen LogP contribution < -0.4 is 10.1 Å². The van der Waals surface area contributed by atoms with E-state index < -0.39 is 0 Å². The number of aromatic nitrogens is 3. The van der Waals surface area contributed by atoms with E-state index >= 15 is 0 Å². The molecule has 23 heavy (non-hydrogen) atoms. The van der Waals surface area contributed by atoms with Gasteiger partial charge in [-0.15, -0.1) is 0 Å². The molecule has 0 atom stereocenters. The molecule has 5 heteroatoms. The summed E-state index contributed by atoms with van der Waals surface area (Å²) >= 11 is 0. The van der Waals surface area contributed by atoms with Crippen LogP contribution in [0.5, 0.6) is 5.75 Å². The largest absolute Gasteiger partial charge is 0.496 e. The molecule has 0 amide bonds. The van der Waals surface area contributed by atoms with E-state index in [2.05, 4.69) is 27.5 Å². The van der Waals surface area contributed by atoms with Gasteiger partial charge < -0.3 is 10.1 Å². The van der Waals surface area contributed by atoms with Crippen molar-refractivity contribution >= 4 is 11.0 Å². The monoisotopic (exact) mass is 310 g/mol. The summed E-state index contributed by atoms with van der Waals surface area (Å²) in [5.74, 6) is 0.948. The average molecular weight is 310 g/mol. The van der Waals surface area contributed by atoms with Gasteiger partial charge in [0.05, 0.1) is 12.8 Å². The molecule has 1 aromatic carbocycles. The maximum absolute atomic E-state index is 5.38. The smallest absolute Gasteiger partial charge is 0.157 e. The van der Waals surface area contributed by atoms with Crippen LogP contribution >= 0.6 is 0 Å². The van der Waals surface area contributed by atoms with Gasteiger partial charge in [-0.3, -0.25) is 4.68 Å². The van der Waals surface area contributed by atoms with E-state index in [4.69, 9.17) is 4.74 Å². The van der Waals surface area contributed by atoms with E-state index in [-0.39, 0.29) is 0 Å². The number of rotatable bonds is 6. The lowest BCUT2D eigenvalue weighted by molar-refractivity contribution is 0.409. The first-order chi connectivity index (χ1) is 11.2. The lowest BCUT2D eigenvalue weighted by atomic mass is 10.1. The third-order valence-electron chi connectivity index (χ3n) is 4.01. The van der Waals surface area contributed by atoms with Crippen LogP contribution in [-0.4, -0.2) is 28.4 Å². The number of fused-ring (bicyclic) bond motifs is 1. The number of ether oxygens (including phenoxy) is 1. The zero-order chi connectivity index (χ0) is 16.2. The molecular formula is C18H22N4O. The van der Waals surface area contributed by atoms with Crippen molar-refractivity contribution in [1.82, 2.24) is 20.1 Å². The second-order valence-corrected chi connectivity index (χ2v) is 5.66. The summed E-state index contributed by atoms with van der Waals surface area (Å²) in [4.78, 5) is 4.51. The number of methoxy groups -OCH3 is 1. The Kier molecular flexibility index (Phi) is 4.57. The Hall–Kier alpha value is -2.40. The first kappa shape index (κ1) is 15.5. The lowest BCUT2D eigenvalue weighted by Crippen LogP contribution is -2.17. The Morgan fingerprint density at radius 1 is 1.26 bits per heavy atom. The summed E-state index contributed by atoms with van der Waals surface area (Å²) in [7, 11) is 3.64. The first-order valence-corrected chi connectivity index (χ1v) is 7.80. The number of hydrogen-bond donors (Lipinski definition) is 1. The molecule has 0 bridgehead atoms. The summed E-state index contributed by atoms with van der Waals surface area (Å²) in [5.41, 5.74) is 4.35. The maximum atomic E-state index is 5.38. The fourth-order valence-electron chi connectivity index (χ4n) is 2.81. The minimum Gasteiger partial charge on any atom is -0.496 e. The molecule has 0 spiro atoms. The Labute approximate surface area is 136 Å². The fraction of sp³-hybridized carbons (Fsp3) is 0.333. The van der Waals surface area contributed by atoms with E-state index in [1.807, 2.05) is 43.0 Å². The number of nitrogens with zero attached hydrogens (tertiary/aromatic N) is 3. The fourth-order valence-corrected chi connectivity index (χ4v) is 2.81. The Morgan fingerprint density at radius 3 is 2.91 bits per heavy atom. The highest BCUT2D eigenvalue weighted by atomic mass is 16.5. The van der Waals surface area contributed by atoms with Crippen molar-refractivity contribution < 1.29 is 4.74 Å². The van der Waals surface area contributed by atoms with E-state index in [0.717, 1.165) is 42.0 Å². The number of aryl methyl sites for hydroxylation is 2. The molecule has 0 aliphatic carbocycles. The summed E-state index contributed by atoms with van der Waals surface area (Å²) in [6, 6.07) is 10.3. The van der Waals surface area contributed by atoms with E-state index in [0.29, 0.717) is 0 Å². The van der Waals surface area contributed by atoms with Crippen LogP contribution in [0.4, 0.5) is 0 Å². The molecule has 0 unspecified atom stereocenters. The van der Waals surface area contributed by atoms with E-state index in [1.165, 1.54) is 11.1 Å². The van der Waals surface area contributed by atoms with Crippen molar-refractivity contribution in [3.8, 4) is 5.75 Å². The molecule has 3 aromatic rings. The van der Waals surface area contributed by atoms with Crippen molar-refractivity contribution in [2.75, 3.05) is 13.7 Å². The zero-order valence-corrected chi connectivity index (χ0v) is 13.8. The predicted octanol–water partition coefficient (Wildman–Crippen LogP) is 2.62. The summed E-state index contributed by atoms with van der Waals surface area (Å²) < 4.78 is 7.20. The molecule has 3 rings (SSSR count). The van der Waals surface area contributed by atoms with E-state index in [9.17, 15) is 0 Å². The SMILES string of the molecule is COc1ccccc1CCNCc1cnc2c(c1)c(C)nn2C. The van der Waals surface area contributed by atoms with Crippen LogP contribution in [0.1, 0.15) is 16.8 Å². The average Bonchev–Trinajstić information content (AvgIpc) is 2.86. The Morgan fingerprint density at radius 2 is 2.09 bits per heavy atom. The molecule has 2 heterocycles. The number of para-hydroxylation sites is 1. The summed E-state index contributed by atoms with van der Waals surface area (Å²) in [6.45, 7) is 3.71. The van der Waals surface area contributed by atoms with Crippen LogP contribution in [0, 0.1) is 6.92 Å². The topological polar surface area (TPSA) is 52.0 Å². The van der Waals surface area contributed by atoms with Gasteiger partial charge in [0, 0.05) is 25.2 Å². The first-order valence-electron chi connectivity index (χ1n) is 7.80. The second kappa shape index (κ2) is 6.79. The van der Waals surface area contributed by atoms with Crippen molar-refractivity contribution in [1.29, 1.82) is 0 Å². The minimum absolute atomic E-state index is 0.798. The molecule has 0 radical (unpaired) electrons. The highest BCUT2D eigenvalue weighted by molar-refractivity contribution is 5.78. The molecule has 5 nitrogen and oxygen atoms in total. The molecule has 0 fully saturated rings. The minimum atomic E-state index is 0.798.